The molecule has 4 saturated carbocycles. The standard InChI is InChI=1S/C17H28N2O/c20-16(19-15-2-1-4-18-5-3-15)17-9-12-6-13(10-17)8-14(7-12)11-17/h12-15,18H,1-11H2,(H,19,20). The molecule has 4 aliphatic carbocycles. The highest BCUT2D eigenvalue weighted by atomic mass is 16.2. The van der Waals surface area contributed by atoms with Crippen LogP contribution in [-0.4, -0.2) is 25.0 Å². The van der Waals surface area contributed by atoms with Gasteiger partial charge in [0.05, 0.1) is 0 Å². The summed E-state index contributed by atoms with van der Waals surface area (Å²) in [5.74, 6) is 3.01. The van der Waals surface area contributed by atoms with E-state index in [4.69, 9.17) is 0 Å². The largest absolute Gasteiger partial charge is 0.353 e. The molecule has 1 amide bonds. The number of hydrogen-bond acceptors (Lipinski definition) is 2. The lowest BCUT2D eigenvalue weighted by molar-refractivity contribution is -0.147. The smallest absolute Gasteiger partial charge is 0.226 e. The average Bonchev–Trinajstić information content (AvgIpc) is 2.65. The van der Waals surface area contributed by atoms with Crippen molar-refractivity contribution in [2.45, 2.75) is 63.8 Å². The first-order valence-electron chi connectivity index (χ1n) is 8.75. The fraction of sp³-hybridized carbons (Fsp3) is 0.941. The molecule has 1 atom stereocenters. The molecule has 0 aromatic carbocycles. The Kier molecular flexibility index (Phi) is 3.29. The van der Waals surface area contributed by atoms with Gasteiger partial charge in [0.2, 0.25) is 5.91 Å². The molecule has 5 rings (SSSR count). The van der Waals surface area contributed by atoms with E-state index in [1.807, 2.05) is 0 Å². The van der Waals surface area contributed by atoms with Gasteiger partial charge in [-0.2, -0.15) is 0 Å². The molecule has 1 aliphatic heterocycles. The molecule has 0 aromatic heterocycles. The van der Waals surface area contributed by atoms with Gasteiger partial charge in [0, 0.05) is 11.5 Å². The molecule has 0 aromatic rings. The summed E-state index contributed by atoms with van der Waals surface area (Å²) in [6, 6.07) is 0.422. The Morgan fingerprint density at radius 2 is 1.60 bits per heavy atom. The summed E-state index contributed by atoms with van der Waals surface area (Å²) in [5, 5.41) is 6.87. The highest BCUT2D eigenvalue weighted by Crippen LogP contribution is 2.60. The van der Waals surface area contributed by atoms with Gasteiger partial charge in [-0.1, -0.05) is 0 Å². The summed E-state index contributed by atoms with van der Waals surface area (Å²) in [5.41, 5.74) is 0.0362. The van der Waals surface area contributed by atoms with E-state index in [9.17, 15) is 4.79 Å². The van der Waals surface area contributed by atoms with Crippen LogP contribution in [0.1, 0.15) is 57.8 Å². The minimum atomic E-state index is 0.0362. The van der Waals surface area contributed by atoms with Crippen LogP contribution in [0.2, 0.25) is 0 Å². The zero-order valence-corrected chi connectivity index (χ0v) is 12.5. The lowest BCUT2D eigenvalue weighted by atomic mass is 9.49. The average molecular weight is 276 g/mol. The quantitative estimate of drug-likeness (QED) is 0.813. The SMILES string of the molecule is O=C(NC1CCCNCC1)C12CC3CC(CC(C3)C1)C2. The van der Waals surface area contributed by atoms with E-state index in [0.717, 1.165) is 43.7 Å². The lowest BCUT2D eigenvalue weighted by Gasteiger charge is -2.55. The van der Waals surface area contributed by atoms with E-state index in [-0.39, 0.29) is 5.41 Å². The van der Waals surface area contributed by atoms with Gasteiger partial charge in [0.25, 0.3) is 0 Å². The molecule has 20 heavy (non-hydrogen) atoms. The molecule has 5 aliphatic rings. The van der Waals surface area contributed by atoms with Crippen molar-refractivity contribution >= 4 is 5.91 Å². The van der Waals surface area contributed by atoms with Gasteiger partial charge < -0.3 is 10.6 Å². The maximum Gasteiger partial charge on any atom is 0.226 e. The van der Waals surface area contributed by atoms with E-state index in [1.54, 1.807) is 0 Å². The second-order valence-electron chi connectivity index (χ2n) is 8.05. The molecule has 1 heterocycles. The normalized spacial score (nSPS) is 47.0. The minimum absolute atomic E-state index is 0.0362. The van der Waals surface area contributed by atoms with Crippen LogP contribution in [0.3, 0.4) is 0 Å². The van der Waals surface area contributed by atoms with Crippen molar-refractivity contribution in [1.82, 2.24) is 10.6 Å². The van der Waals surface area contributed by atoms with Crippen molar-refractivity contribution < 1.29 is 4.79 Å². The Morgan fingerprint density at radius 3 is 2.25 bits per heavy atom. The molecule has 112 valence electrons. The van der Waals surface area contributed by atoms with Crippen LogP contribution in [0.25, 0.3) is 0 Å². The lowest BCUT2D eigenvalue weighted by Crippen LogP contribution is -2.55. The summed E-state index contributed by atoms with van der Waals surface area (Å²) in [7, 11) is 0. The Bertz CT molecular complexity index is 349. The minimum Gasteiger partial charge on any atom is -0.353 e. The van der Waals surface area contributed by atoms with Gasteiger partial charge in [-0.25, -0.2) is 0 Å². The van der Waals surface area contributed by atoms with Crippen molar-refractivity contribution in [1.29, 1.82) is 0 Å². The van der Waals surface area contributed by atoms with E-state index >= 15 is 0 Å². The van der Waals surface area contributed by atoms with Crippen molar-refractivity contribution in [3.63, 3.8) is 0 Å². The zero-order chi connectivity index (χ0) is 13.6. The predicted molar refractivity (Wildman–Crippen MR) is 79.3 cm³/mol. The second kappa shape index (κ2) is 5.01. The number of carbonyl (C=O) groups is 1. The summed E-state index contributed by atoms with van der Waals surface area (Å²) >= 11 is 0. The number of carbonyl (C=O) groups excluding carboxylic acids is 1. The Labute approximate surface area is 122 Å². The molecule has 0 radical (unpaired) electrons. The summed E-state index contributed by atoms with van der Waals surface area (Å²) < 4.78 is 0. The summed E-state index contributed by atoms with van der Waals surface area (Å²) in [4.78, 5) is 12.9. The van der Waals surface area contributed by atoms with Crippen LogP contribution in [0.15, 0.2) is 0 Å². The van der Waals surface area contributed by atoms with Gasteiger partial charge >= 0.3 is 0 Å². The summed E-state index contributed by atoms with van der Waals surface area (Å²) in [6.45, 7) is 2.18. The van der Waals surface area contributed by atoms with Crippen LogP contribution >= 0.6 is 0 Å². The molecule has 5 fully saturated rings. The van der Waals surface area contributed by atoms with Crippen LogP contribution in [0, 0.1) is 23.2 Å². The summed E-state index contributed by atoms with van der Waals surface area (Å²) in [6.07, 6.45) is 11.3. The number of nitrogens with one attached hydrogen (secondary N) is 2. The maximum absolute atomic E-state index is 12.9. The maximum atomic E-state index is 12.9. The fourth-order valence-electron chi connectivity index (χ4n) is 5.89. The Morgan fingerprint density at radius 1 is 0.950 bits per heavy atom. The molecule has 3 heteroatoms. The van der Waals surface area contributed by atoms with Crippen molar-refractivity contribution in [3.05, 3.63) is 0 Å². The zero-order valence-electron chi connectivity index (χ0n) is 12.5. The third-order valence-electron chi connectivity index (χ3n) is 6.43. The molecule has 4 bridgehead atoms. The molecule has 1 unspecified atom stereocenters. The first kappa shape index (κ1) is 13.1. The molecular weight excluding hydrogens is 248 g/mol. The van der Waals surface area contributed by atoms with Gasteiger partial charge in [0.1, 0.15) is 0 Å². The van der Waals surface area contributed by atoms with Gasteiger partial charge in [-0.15, -0.1) is 0 Å². The van der Waals surface area contributed by atoms with Crippen molar-refractivity contribution in [3.8, 4) is 0 Å². The van der Waals surface area contributed by atoms with E-state index in [2.05, 4.69) is 10.6 Å². The van der Waals surface area contributed by atoms with Crippen LogP contribution < -0.4 is 10.6 Å². The van der Waals surface area contributed by atoms with Crippen LogP contribution in [0.4, 0.5) is 0 Å². The molecule has 1 saturated heterocycles. The highest BCUT2D eigenvalue weighted by molar-refractivity contribution is 5.83. The van der Waals surface area contributed by atoms with Crippen molar-refractivity contribution in [2.24, 2.45) is 23.2 Å². The molecular formula is C17H28N2O. The fourth-order valence-corrected chi connectivity index (χ4v) is 5.89. The van der Waals surface area contributed by atoms with Crippen LogP contribution in [-0.2, 0) is 4.79 Å². The Balaban J connectivity index is 1.45. The highest BCUT2D eigenvalue weighted by Gasteiger charge is 2.54. The van der Waals surface area contributed by atoms with E-state index in [0.29, 0.717) is 11.9 Å². The van der Waals surface area contributed by atoms with Gasteiger partial charge in [-0.05, 0) is 88.6 Å². The predicted octanol–water partition coefficient (Wildman–Crippen LogP) is 2.46. The van der Waals surface area contributed by atoms with Gasteiger partial charge in [-0.3, -0.25) is 4.79 Å². The molecule has 3 nitrogen and oxygen atoms in total. The van der Waals surface area contributed by atoms with Crippen molar-refractivity contribution in [2.75, 3.05) is 13.1 Å². The molecule has 2 N–H and O–H groups in total. The third-order valence-corrected chi connectivity index (χ3v) is 6.43. The molecule has 0 spiro atoms. The monoisotopic (exact) mass is 276 g/mol. The van der Waals surface area contributed by atoms with Gasteiger partial charge in [0.15, 0.2) is 0 Å². The number of amides is 1. The number of rotatable bonds is 2. The Hall–Kier alpha value is -0.570. The second-order valence-corrected chi connectivity index (χ2v) is 8.05. The third kappa shape index (κ3) is 2.28. The first-order valence-corrected chi connectivity index (χ1v) is 8.75. The number of hydrogen-bond donors (Lipinski definition) is 2. The first-order chi connectivity index (χ1) is 9.73. The van der Waals surface area contributed by atoms with Crippen LogP contribution in [0.5, 0.6) is 0 Å². The van der Waals surface area contributed by atoms with E-state index in [1.165, 1.54) is 44.9 Å². The topological polar surface area (TPSA) is 41.1 Å². The van der Waals surface area contributed by atoms with E-state index < -0.39 is 0 Å².